The SMILES string of the molecule is C#Cc1cccc2cc(OCOC)cc(-c3nc4c5c(nc(OC[C@]67CCCN6C[C@H](F)C7)nc5c3F)N3C[C@H]5CC[C@@H]([C@@H]3CO4)N5C(=O)OC(C)(C)C)c12. The van der Waals surface area contributed by atoms with Crippen LogP contribution in [-0.2, 0) is 9.47 Å². The average molecular weight is 755 g/mol. The molecule has 2 bridgehead atoms. The Morgan fingerprint density at radius 2 is 1.96 bits per heavy atom. The van der Waals surface area contributed by atoms with Crippen molar-refractivity contribution >= 4 is 33.6 Å². The molecule has 9 rings (SSSR count). The summed E-state index contributed by atoms with van der Waals surface area (Å²) in [5.74, 6) is 3.01. The Labute approximate surface area is 318 Å². The van der Waals surface area contributed by atoms with Crippen LogP contribution in [0.1, 0.15) is 58.4 Å². The summed E-state index contributed by atoms with van der Waals surface area (Å²) in [5.41, 5.74) is -0.287. The molecule has 55 heavy (non-hydrogen) atoms. The van der Waals surface area contributed by atoms with Crippen molar-refractivity contribution in [3.8, 4) is 41.2 Å². The number of methoxy groups -OCH3 is 1. The van der Waals surface area contributed by atoms with E-state index in [-0.39, 0.29) is 67.3 Å². The number of ether oxygens (including phenoxy) is 5. The number of aromatic nitrogens is 3. The number of hydrogen-bond acceptors (Lipinski definition) is 11. The van der Waals surface area contributed by atoms with Crippen molar-refractivity contribution in [3.63, 3.8) is 0 Å². The molecule has 1 amide bonds. The predicted octanol–water partition coefficient (Wildman–Crippen LogP) is 6.25. The number of benzene rings is 2. The normalized spacial score (nSPS) is 25.7. The monoisotopic (exact) mass is 754 g/mol. The molecule has 14 heteroatoms. The van der Waals surface area contributed by atoms with E-state index < -0.39 is 23.1 Å². The van der Waals surface area contributed by atoms with Crippen LogP contribution in [0, 0.1) is 18.2 Å². The summed E-state index contributed by atoms with van der Waals surface area (Å²) in [7, 11) is 1.52. The number of piperazine rings is 1. The van der Waals surface area contributed by atoms with Crippen LogP contribution in [0.2, 0.25) is 0 Å². The van der Waals surface area contributed by atoms with Gasteiger partial charge < -0.3 is 28.6 Å². The van der Waals surface area contributed by atoms with Crippen LogP contribution in [0.15, 0.2) is 30.3 Å². The van der Waals surface area contributed by atoms with Crippen LogP contribution < -0.4 is 19.1 Å². The lowest BCUT2D eigenvalue weighted by molar-refractivity contribution is 0.00537. The number of carbonyl (C=O) groups is 1. The number of alkyl halides is 1. The van der Waals surface area contributed by atoms with Crippen LogP contribution in [0.5, 0.6) is 17.6 Å². The van der Waals surface area contributed by atoms with E-state index in [1.165, 1.54) is 7.11 Å². The molecule has 0 saturated carbocycles. The molecule has 4 saturated heterocycles. The molecule has 5 aliphatic rings. The lowest BCUT2D eigenvalue weighted by Gasteiger charge is -2.46. The van der Waals surface area contributed by atoms with Gasteiger partial charge in [-0.15, -0.1) is 6.42 Å². The van der Waals surface area contributed by atoms with Crippen molar-refractivity contribution in [3.05, 3.63) is 41.7 Å². The molecule has 4 fully saturated rings. The lowest BCUT2D eigenvalue weighted by Crippen LogP contribution is -2.63. The number of terminal acetylenes is 1. The van der Waals surface area contributed by atoms with E-state index >= 15 is 4.39 Å². The minimum Gasteiger partial charge on any atom is -0.475 e. The molecular formula is C41H44F2N6O6. The Hall–Kier alpha value is -5.00. The summed E-state index contributed by atoms with van der Waals surface area (Å²) in [6.07, 6.45) is 8.25. The van der Waals surface area contributed by atoms with Gasteiger partial charge in [0.15, 0.2) is 12.6 Å². The molecule has 288 valence electrons. The van der Waals surface area contributed by atoms with Crippen LogP contribution in [0.25, 0.3) is 32.9 Å². The second-order valence-corrected chi connectivity index (χ2v) is 16.3. The largest absolute Gasteiger partial charge is 0.475 e. The summed E-state index contributed by atoms with van der Waals surface area (Å²) in [6.45, 7) is 7.40. The van der Waals surface area contributed by atoms with E-state index in [1.807, 2.05) is 43.9 Å². The third-order valence-corrected chi connectivity index (χ3v) is 11.7. The molecule has 0 N–H and O–H groups in total. The minimum atomic E-state index is -0.944. The molecule has 5 aliphatic heterocycles. The fraction of sp³-hybridized carbons (Fsp3) is 0.512. The molecule has 5 atom stereocenters. The predicted molar refractivity (Wildman–Crippen MR) is 201 cm³/mol. The molecule has 4 aromatic rings. The third-order valence-electron chi connectivity index (χ3n) is 11.7. The Bertz CT molecular complexity index is 2240. The fourth-order valence-electron chi connectivity index (χ4n) is 9.47. The molecule has 7 heterocycles. The molecule has 12 nitrogen and oxygen atoms in total. The van der Waals surface area contributed by atoms with E-state index in [1.54, 1.807) is 12.1 Å². The van der Waals surface area contributed by atoms with Crippen molar-refractivity contribution in [2.45, 2.75) is 88.3 Å². The minimum absolute atomic E-state index is 0.0260. The summed E-state index contributed by atoms with van der Waals surface area (Å²) >= 11 is 0. The van der Waals surface area contributed by atoms with Gasteiger partial charge in [-0.2, -0.15) is 9.97 Å². The van der Waals surface area contributed by atoms with Gasteiger partial charge in [0.2, 0.25) is 5.88 Å². The topological polar surface area (TPSA) is 112 Å². The average Bonchev–Trinajstić information content (AvgIpc) is 3.76. The van der Waals surface area contributed by atoms with E-state index in [2.05, 4.69) is 15.7 Å². The van der Waals surface area contributed by atoms with E-state index in [9.17, 15) is 9.18 Å². The smallest absolute Gasteiger partial charge is 0.410 e. The molecule has 0 radical (unpaired) electrons. The highest BCUT2D eigenvalue weighted by atomic mass is 19.1. The number of hydrogen-bond donors (Lipinski definition) is 0. The second kappa shape index (κ2) is 13.3. The van der Waals surface area contributed by atoms with Crippen molar-refractivity contribution in [2.24, 2.45) is 0 Å². The quantitative estimate of drug-likeness (QED) is 0.158. The summed E-state index contributed by atoms with van der Waals surface area (Å²) in [4.78, 5) is 34.2. The van der Waals surface area contributed by atoms with Gasteiger partial charge in [0.25, 0.3) is 0 Å². The van der Waals surface area contributed by atoms with Crippen molar-refractivity contribution < 1.29 is 37.3 Å². The van der Waals surface area contributed by atoms with Crippen LogP contribution >= 0.6 is 0 Å². The van der Waals surface area contributed by atoms with Crippen LogP contribution in [0.4, 0.5) is 19.4 Å². The van der Waals surface area contributed by atoms with Gasteiger partial charge in [-0.25, -0.2) is 18.6 Å². The summed E-state index contributed by atoms with van der Waals surface area (Å²) < 4.78 is 62.1. The highest BCUT2D eigenvalue weighted by Gasteiger charge is 2.52. The number of amides is 1. The van der Waals surface area contributed by atoms with Gasteiger partial charge in [-0.3, -0.25) is 9.80 Å². The van der Waals surface area contributed by atoms with Gasteiger partial charge in [0.1, 0.15) is 53.2 Å². The highest BCUT2D eigenvalue weighted by Crippen LogP contribution is 2.47. The Kier molecular flexibility index (Phi) is 8.65. The molecule has 2 aromatic heterocycles. The van der Waals surface area contributed by atoms with Crippen LogP contribution in [-0.4, -0.2) is 113 Å². The third kappa shape index (κ3) is 6.03. The Balaban J connectivity index is 1.20. The maximum absolute atomic E-state index is 17.5. The molecule has 0 spiro atoms. The maximum atomic E-state index is 17.5. The standard InChI is InChI=1S/C41H44F2N6O6/c1-6-23-9-7-10-24-15-27(54-22-51-5)16-28(31(23)24)34-33(43)35-32-36(46-38(45-35)53-21-41-13-8-14-47(41)18-25(42)17-41)48-19-26-11-12-29(30(48)20-52-37(32)44-34)49(26)39(50)55-40(2,3)4/h1,7,9-10,15-16,25-26,29-30H,8,11-14,17-22H2,2-5H3/t25-,26-,29+,30+,41-/m1/s1. The zero-order valence-corrected chi connectivity index (χ0v) is 31.4. The van der Waals surface area contributed by atoms with E-state index in [4.69, 9.17) is 45.1 Å². The zero-order valence-electron chi connectivity index (χ0n) is 31.4. The molecule has 0 aliphatic carbocycles. The van der Waals surface area contributed by atoms with Gasteiger partial charge >= 0.3 is 12.1 Å². The van der Waals surface area contributed by atoms with E-state index in [0.29, 0.717) is 53.0 Å². The number of fused-ring (bicyclic) bond motifs is 7. The first-order valence-electron chi connectivity index (χ1n) is 19.0. The van der Waals surface area contributed by atoms with Crippen molar-refractivity contribution in [1.82, 2.24) is 24.8 Å². The Morgan fingerprint density at radius 1 is 1.11 bits per heavy atom. The van der Waals surface area contributed by atoms with Gasteiger partial charge in [0, 0.05) is 43.1 Å². The number of anilines is 1. The Morgan fingerprint density at radius 3 is 2.76 bits per heavy atom. The first-order valence-corrected chi connectivity index (χ1v) is 19.0. The van der Waals surface area contributed by atoms with Crippen molar-refractivity contribution in [2.75, 3.05) is 51.7 Å². The molecule has 0 unspecified atom stereocenters. The van der Waals surface area contributed by atoms with Gasteiger partial charge in [-0.1, -0.05) is 18.1 Å². The summed E-state index contributed by atoms with van der Waals surface area (Å²) in [5, 5.41) is 1.63. The highest BCUT2D eigenvalue weighted by molar-refractivity contribution is 6.04. The number of carbonyl (C=O) groups excluding carboxylic acids is 1. The number of nitrogens with zero attached hydrogens (tertiary/aromatic N) is 6. The second-order valence-electron chi connectivity index (χ2n) is 16.3. The lowest BCUT2D eigenvalue weighted by atomic mass is 9.95. The molecule has 2 aromatic carbocycles. The fourth-order valence-corrected chi connectivity index (χ4v) is 9.47. The first-order chi connectivity index (χ1) is 26.5. The van der Waals surface area contributed by atoms with Crippen molar-refractivity contribution in [1.29, 1.82) is 0 Å². The number of pyridine rings is 1. The van der Waals surface area contributed by atoms with Gasteiger partial charge in [-0.05, 0) is 76.6 Å². The molecular weight excluding hydrogens is 710 g/mol. The van der Waals surface area contributed by atoms with Gasteiger partial charge in [0.05, 0.1) is 23.7 Å². The number of halogens is 2. The first kappa shape index (κ1) is 35.7. The number of rotatable bonds is 7. The zero-order chi connectivity index (χ0) is 38.2. The summed E-state index contributed by atoms with van der Waals surface area (Å²) in [6, 6.07) is 8.18. The van der Waals surface area contributed by atoms with E-state index in [0.717, 1.165) is 37.6 Å². The van der Waals surface area contributed by atoms with Crippen LogP contribution in [0.3, 0.4) is 0 Å². The maximum Gasteiger partial charge on any atom is 0.410 e.